The van der Waals surface area contributed by atoms with E-state index in [1.807, 2.05) is 0 Å². The molecule has 0 unspecified atom stereocenters. The second-order valence-corrected chi connectivity index (χ2v) is 5.80. The van der Waals surface area contributed by atoms with Crippen molar-refractivity contribution in [1.82, 2.24) is 4.98 Å². The predicted octanol–water partition coefficient (Wildman–Crippen LogP) is 3.87. The zero-order valence-corrected chi connectivity index (χ0v) is 12.7. The molecule has 5 heteroatoms. The third-order valence-corrected chi connectivity index (χ3v) is 4.55. The average Bonchev–Trinajstić information content (AvgIpc) is 2.83. The molecule has 1 fully saturated rings. The van der Waals surface area contributed by atoms with Gasteiger partial charge in [-0.2, -0.15) is 5.26 Å². The fraction of sp³-hybridized carbons (Fsp3) is 0.533. The number of rotatable bonds is 3. The van der Waals surface area contributed by atoms with Crippen molar-refractivity contribution < 1.29 is 9.53 Å². The zero-order valence-electron chi connectivity index (χ0n) is 11.9. The number of allylic oxidation sites excluding steroid dienone is 2. The van der Waals surface area contributed by atoms with Gasteiger partial charge >= 0.3 is 5.97 Å². The molecule has 106 valence electrons. The second kappa shape index (κ2) is 6.67. The van der Waals surface area contributed by atoms with Gasteiger partial charge in [0.25, 0.3) is 0 Å². The molecule has 0 aliphatic heterocycles. The van der Waals surface area contributed by atoms with Crippen molar-refractivity contribution in [2.45, 2.75) is 46.0 Å². The van der Waals surface area contributed by atoms with Crippen LogP contribution < -0.4 is 0 Å². The molecule has 1 aromatic rings. The van der Waals surface area contributed by atoms with Crippen molar-refractivity contribution >= 4 is 22.9 Å². The van der Waals surface area contributed by atoms with E-state index in [0.29, 0.717) is 27.8 Å². The smallest absolute Gasteiger partial charge is 0.350 e. The van der Waals surface area contributed by atoms with Crippen LogP contribution in [0.4, 0.5) is 0 Å². The number of carbonyl (C=O) groups is 1. The van der Waals surface area contributed by atoms with E-state index in [0.717, 1.165) is 25.7 Å². The minimum Gasteiger partial charge on any atom is -0.462 e. The summed E-state index contributed by atoms with van der Waals surface area (Å²) < 4.78 is 5.01. The van der Waals surface area contributed by atoms with Gasteiger partial charge in [-0.25, -0.2) is 9.78 Å². The van der Waals surface area contributed by atoms with Crippen LogP contribution in [0.1, 0.15) is 59.4 Å². The zero-order chi connectivity index (χ0) is 14.5. The van der Waals surface area contributed by atoms with Gasteiger partial charge in [0.2, 0.25) is 0 Å². The molecule has 0 N–H and O–H groups in total. The Morgan fingerprint density at radius 3 is 2.70 bits per heavy atom. The van der Waals surface area contributed by atoms with Gasteiger partial charge in [0, 0.05) is 0 Å². The summed E-state index contributed by atoms with van der Waals surface area (Å²) in [5.41, 5.74) is 2.49. The number of aryl methyl sites for hydroxylation is 1. The first-order valence-electron chi connectivity index (χ1n) is 6.94. The lowest BCUT2D eigenvalue weighted by atomic mass is 9.91. The van der Waals surface area contributed by atoms with Gasteiger partial charge < -0.3 is 4.74 Å². The van der Waals surface area contributed by atoms with E-state index in [2.05, 4.69) is 11.1 Å². The molecule has 0 atom stereocenters. The summed E-state index contributed by atoms with van der Waals surface area (Å²) in [6.45, 7) is 3.91. The lowest BCUT2D eigenvalue weighted by Crippen LogP contribution is -2.03. The van der Waals surface area contributed by atoms with Gasteiger partial charge in [-0.05, 0) is 45.1 Å². The van der Waals surface area contributed by atoms with E-state index < -0.39 is 0 Å². The Morgan fingerprint density at radius 2 is 2.10 bits per heavy atom. The van der Waals surface area contributed by atoms with E-state index >= 15 is 0 Å². The first-order valence-corrected chi connectivity index (χ1v) is 7.76. The highest BCUT2D eigenvalue weighted by molar-refractivity contribution is 7.14. The molecule has 1 heterocycles. The predicted molar refractivity (Wildman–Crippen MR) is 78.4 cm³/mol. The molecule has 2 rings (SSSR count). The van der Waals surface area contributed by atoms with E-state index in [1.54, 1.807) is 13.8 Å². The molecule has 0 saturated heterocycles. The van der Waals surface area contributed by atoms with Crippen molar-refractivity contribution in [2.75, 3.05) is 6.61 Å². The van der Waals surface area contributed by atoms with Gasteiger partial charge in [-0.15, -0.1) is 11.3 Å². The molecule has 4 nitrogen and oxygen atoms in total. The molecular weight excluding hydrogens is 272 g/mol. The molecule has 0 spiro atoms. The average molecular weight is 290 g/mol. The maximum atomic E-state index is 11.8. The number of esters is 1. The van der Waals surface area contributed by atoms with E-state index in [4.69, 9.17) is 4.74 Å². The van der Waals surface area contributed by atoms with Crippen LogP contribution in [0.3, 0.4) is 0 Å². The summed E-state index contributed by atoms with van der Waals surface area (Å²) in [6.07, 6.45) is 5.44. The Labute approximate surface area is 123 Å². The summed E-state index contributed by atoms with van der Waals surface area (Å²) in [6, 6.07) is 2.27. The molecule has 1 saturated carbocycles. The second-order valence-electron chi connectivity index (χ2n) is 4.81. The Balaban J connectivity index is 2.35. The lowest BCUT2D eigenvalue weighted by Gasteiger charge is -2.14. The number of thiazole rings is 1. The van der Waals surface area contributed by atoms with Crippen LogP contribution in [0, 0.1) is 18.3 Å². The SMILES string of the molecule is CCOC(=O)c1sc(C(C#N)=C2CCCCC2)nc1C. The Hall–Kier alpha value is -1.67. The maximum Gasteiger partial charge on any atom is 0.350 e. The summed E-state index contributed by atoms with van der Waals surface area (Å²) in [4.78, 5) is 16.7. The van der Waals surface area contributed by atoms with E-state index in [9.17, 15) is 10.1 Å². The van der Waals surface area contributed by atoms with Crippen LogP contribution in [-0.2, 0) is 4.74 Å². The van der Waals surface area contributed by atoms with Crippen LogP contribution >= 0.6 is 11.3 Å². The minimum atomic E-state index is -0.348. The first-order chi connectivity index (χ1) is 9.67. The molecule has 1 aliphatic carbocycles. The number of hydrogen-bond acceptors (Lipinski definition) is 5. The van der Waals surface area contributed by atoms with Crippen molar-refractivity contribution in [2.24, 2.45) is 0 Å². The van der Waals surface area contributed by atoms with Gasteiger partial charge in [-0.3, -0.25) is 0 Å². The highest BCUT2D eigenvalue weighted by atomic mass is 32.1. The van der Waals surface area contributed by atoms with E-state index in [1.165, 1.54) is 23.3 Å². The first kappa shape index (κ1) is 14.7. The van der Waals surface area contributed by atoms with Crippen LogP contribution in [0.2, 0.25) is 0 Å². The Morgan fingerprint density at radius 1 is 1.40 bits per heavy atom. The van der Waals surface area contributed by atoms with Gasteiger partial charge in [0.15, 0.2) is 0 Å². The summed E-state index contributed by atoms with van der Waals surface area (Å²) in [7, 11) is 0. The van der Waals surface area contributed by atoms with Crippen molar-refractivity contribution in [3.63, 3.8) is 0 Å². The highest BCUT2D eigenvalue weighted by Crippen LogP contribution is 2.33. The maximum absolute atomic E-state index is 11.8. The third-order valence-electron chi connectivity index (χ3n) is 3.39. The topological polar surface area (TPSA) is 63.0 Å². The summed E-state index contributed by atoms with van der Waals surface area (Å²) >= 11 is 1.27. The number of hydrogen-bond donors (Lipinski definition) is 0. The third kappa shape index (κ3) is 3.07. The lowest BCUT2D eigenvalue weighted by molar-refractivity contribution is 0.0531. The largest absolute Gasteiger partial charge is 0.462 e. The molecule has 0 amide bonds. The number of nitriles is 1. The van der Waals surface area contributed by atoms with Crippen molar-refractivity contribution in [1.29, 1.82) is 5.26 Å². The summed E-state index contributed by atoms with van der Waals surface area (Å²) in [5.74, 6) is -0.348. The van der Waals surface area contributed by atoms with Crippen molar-refractivity contribution in [3.05, 3.63) is 21.2 Å². The molecule has 20 heavy (non-hydrogen) atoms. The Bertz CT molecular complexity index is 573. The van der Waals surface area contributed by atoms with Crippen LogP contribution in [0.5, 0.6) is 0 Å². The molecule has 1 aromatic heterocycles. The molecule has 1 aliphatic rings. The number of ether oxygens (including phenoxy) is 1. The number of carbonyl (C=O) groups excluding carboxylic acids is 1. The Kier molecular flexibility index (Phi) is 4.91. The number of aromatic nitrogens is 1. The quantitative estimate of drug-likeness (QED) is 0.626. The summed E-state index contributed by atoms with van der Waals surface area (Å²) in [5, 5.41) is 10.1. The molecule has 0 radical (unpaired) electrons. The van der Waals surface area contributed by atoms with Gasteiger partial charge in [0.1, 0.15) is 16.0 Å². The standard InChI is InChI=1S/C15H18N2O2S/c1-3-19-15(18)13-10(2)17-14(20-13)12(9-16)11-7-5-4-6-8-11/h3-8H2,1-2H3. The minimum absolute atomic E-state index is 0.345. The highest BCUT2D eigenvalue weighted by Gasteiger charge is 2.21. The van der Waals surface area contributed by atoms with Crippen LogP contribution in [-0.4, -0.2) is 17.6 Å². The van der Waals surface area contributed by atoms with Crippen LogP contribution in [0.25, 0.3) is 5.57 Å². The van der Waals surface area contributed by atoms with Crippen LogP contribution in [0.15, 0.2) is 5.57 Å². The van der Waals surface area contributed by atoms with Gasteiger partial charge in [0.05, 0.1) is 17.9 Å². The normalized spacial score (nSPS) is 14.8. The number of nitrogens with zero attached hydrogens (tertiary/aromatic N) is 2. The molecule has 0 bridgehead atoms. The fourth-order valence-corrected chi connectivity index (χ4v) is 3.40. The van der Waals surface area contributed by atoms with E-state index in [-0.39, 0.29) is 5.97 Å². The van der Waals surface area contributed by atoms with Crippen molar-refractivity contribution in [3.8, 4) is 6.07 Å². The molecule has 0 aromatic carbocycles. The fourth-order valence-electron chi connectivity index (χ4n) is 2.40. The van der Waals surface area contributed by atoms with Gasteiger partial charge in [-0.1, -0.05) is 6.42 Å². The monoisotopic (exact) mass is 290 g/mol. The molecular formula is C15H18N2O2S.